The molecule has 1 aromatic heterocycles. The van der Waals surface area contributed by atoms with E-state index in [1.54, 1.807) is 0 Å². The summed E-state index contributed by atoms with van der Waals surface area (Å²) >= 11 is 1.02. The van der Waals surface area contributed by atoms with E-state index in [0.717, 1.165) is 11.3 Å². The summed E-state index contributed by atoms with van der Waals surface area (Å²) in [5.74, 6) is -0.676. The molecule has 1 aliphatic heterocycles. The summed E-state index contributed by atoms with van der Waals surface area (Å²) in [7, 11) is -2.59. The van der Waals surface area contributed by atoms with Gasteiger partial charge in [0.1, 0.15) is 9.77 Å². The summed E-state index contributed by atoms with van der Waals surface area (Å²) in [6.07, 6.45) is 2.54. The molecule has 0 bridgehead atoms. The minimum absolute atomic E-state index is 0.0511. The second-order valence-electron chi connectivity index (χ2n) is 4.26. The number of nitriles is 1. The molecule has 108 valence electrons. The van der Waals surface area contributed by atoms with Gasteiger partial charge in [0.25, 0.3) is 0 Å². The van der Waals surface area contributed by atoms with E-state index in [-0.39, 0.29) is 15.8 Å². The molecule has 0 saturated carbocycles. The maximum atomic E-state index is 12.3. The quantitative estimate of drug-likeness (QED) is 0.636. The van der Waals surface area contributed by atoms with Crippen LogP contribution >= 0.6 is 11.3 Å². The van der Waals surface area contributed by atoms with Crippen molar-refractivity contribution in [1.29, 1.82) is 5.26 Å². The molecule has 2 rings (SSSR count). The Balaban J connectivity index is 2.18. The van der Waals surface area contributed by atoms with Crippen LogP contribution in [0.1, 0.15) is 16.1 Å². The van der Waals surface area contributed by atoms with Crippen LogP contribution < -0.4 is 4.72 Å². The first-order valence-electron chi connectivity index (χ1n) is 5.80. The molecule has 7 nitrogen and oxygen atoms in total. The van der Waals surface area contributed by atoms with Gasteiger partial charge in [0.05, 0.1) is 7.11 Å². The Hall–Kier alpha value is -1.63. The van der Waals surface area contributed by atoms with E-state index < -0.39 is 16.0 Å². The van der Waals surface area contributed by atoms with Crippen LogP contribution in [0.4, 0.5) is 0 Å². The van der Waals surface area contributed by atoms with Gasteiger partial charge < -0.3 is 9.64 Å². The molecular formula is C11H13N3O4S2. The fourth-order valence-electron chi connectivity index (χ4n) is 1.98. The number of rotatable bonds is 4. The van der Waals surface area contributed by atoms with Crippen LogP contribution in [0.25, 0.3) is 0 Å². The van der Waals surface area contributed by atoms with Crippen LogP contribution in [-0.4, -0.2) is 45.5 Å². The molecule has 1 fully saturated rings. The Morgan fingerprint density at radius 1 is 1.65 bits per heavy atom. The fraction of sp³-hybridized carbons (Fsp3) is 0.455. The van der Waals surface area contributed by atoms with E-state index in [2.05, 4.69) is 9.46 Å². The smallest absolute Gasteiger partial charge is 0.349 e. The molecule has 0 amide bonds. The van der Waals surface area contributed by atoms with Gasteiger partial charge in [-0.15, -0.1) is 11.3 Å². The standard InChI is InChI=1S/C11H13N3O4S2/c1-18-11(15)10-9(3-5-19-10)20(16,17)13-8-2-4-14(6-8)7-12/h3,5,8,13H,2,4,6H2,1H3/t8-/m1/s1. The second kappa shape index (κ2) is 5.78. The summed E-state index contributed by atoms with van der Waals surface area (Å²) in [6.45, 7) is 0.866. The van der Waals surface area contributed by atoms with Crippen molar-refractivity contribution in [2.24, 2.45) is 0 Å². The van der Waals surface area contributed by atoms with Gasteiger partial charge in [-0.25, -0.2) is 17.9 Å². The first kappa shape index (κ1) is 14.8. The van der Waals surface area contributed by atoms with E-state index in [9.17, 15) is 13.2 Å². The minimum atomic E-state index is -3.79. The topological polar surface area (TPSA) is 99.5 Å². The Bertz CT molecular complexity index is 647. The monoisotopic (exact) mass is 315 g/mol. The third-order valence-corrected chi connectivity index (χ3v) is 5.53. The van der Waals surface area contributed by atoms with Crippen LogP contribution in [0.3, 0.4) is 0 Å². The number of nitrogens with zero attached hydrogens (tertiary/aromatic N) is 2. The molecule has 1 aliphatic rings. The van der Waals surface area contributed by atoms with Gasteiger partial charge in [-0.3, -0.25) is 0 Å². The zero-order chi connectivity index (χ0) is 14.8. The largest absolute Gasteiger partial charge is 0.465 e. The number of carbonyl (C=O) groups excluding carboxylic acids is 1. The van der Waals surface area contributed by atoms with Crippen LogP contribution in [0.5, 0.6) is 0 Å². The molecule has 1 N–H and O–H groups in total. The highest BCUT2D eigenvalue weighted by atomic mass is 32.2. The van der Waals surface area contributed by atoms with Crippen molar-refractivity contribution in [2.75, 3.05) is 20.2 Å². The number of likely N-dealkylation sites (tertiary alicyclic amines) is 1. The summed E-state index contributed by atoms with van der Waals surface area (Å²) in [6, 6.07) is 1.04. The highest BCUT2D eigenvalue weighted by Crippen LogP contribution is 2.23. The molecule has 1 saturated heterocycles. The van der Waals surface area contributed by atoms with Gasteiger partial charge in [-0.1, -0.05) is 0 Å². The molecule has 1 atom stereocenters. The lowest BCUT2D eigenvalue weighted by atomic mass is 10.3. The van der Waals surface area contributed by atoms with Gasteiger partial charge in [-0.05, 0) is 17.9 Å². The Morgan fingerprint density at radius 2 is 2.40 bits per heavy atom. The molecule has 0 radical (unpaired) electrons. The van der Waals surface area contributed by atoms with Crippen LogP contribution in [-0.2, 0) is 14.8 Å². The first-order chi connectivity index (χ1) is 9.47. The number of carbonyl (C=O) groups is 1. The molecule has 0 unspecified atom stereocenters. The number of esters is 1. The van der Waals surface area contributed by atoms with Crippen LogP contribution in [0.2, 0.25) is 0 Å². The maximum absolute atomic E-state index is 12.3. The SMILES string of the molecule is COC(=O)c1sccc1S(=O)(=O)N[C@@H]1CCN(C#N)C1. The van der Waals surface area contributed by atoms with E-state index in [4.69, 9.17) is 5.26 Å². The Kier molecular flexibility index (Phi) is 4.27. The summed E-state index contributed by atoms with van der Waals surface area (Å²) in [5, 5.41) is 10.3. The minimum Gasteiger partial charge on any atom is -0.465 e. The van der Waals surface area contributed by atoms with Gasteiger partial charge >= 0.3 is 5.97 Å². The number of thiophene rings is 1. The molecule has 1 aromatic rings. The van der Waals surface area contributed by atoms with Crippen molar-refractivity contribution in [3.05, 3.63) is 16.3 Å². The fourth-order valence-corrected chi connectivity index (χ4v) is 4.58. The van der Waals surface area contributed by atoms with Gasteiger partial charge in [-0.2, -0.15) is 5.26 Å². The van der Waals surface area contributed by atoms with Crippen molar-refractivity contribution in [3.63, 3.8) is 0 Å². The molecule has 2 heterocycles. The second-order valence-corrected chi connectivity index (χ2v) is 6.86. The number of methoxy groups -OCH3 is 1. The first-order valence-corrected chi connectivity index (χ1v) is 8.17. The Labute approximate surface area is 120 Å². The predicted octanol–water partition coefficient (Wildman–Crippen LogP) is 0.368. The van der Waals surface area contributed by atoms with E-state index in [0.29, 0.717) is 19.5 Å². The van der Waals surface area contributed by atoms with E-state index in [1.807, 2.05) is 6.19 Å². The zero-order valence-corrected chi connectivity index (χ0v) is 12.3. The normalized spacial score (nSPS) is 18.8. The van der Waals surface area contributed by atoms with Crippen molar-refractivity contribution in [1.82, 2.24) is 9.62 Å². The van der Waals surface area contributed by atoms with Crippen molar-refractivity contribution in [2.45, 2.75) is 17.4 Å². The lowest BCUT2D eigenvalue weighted by Crippen LogP contribution is -2.36. The van der Waals surface area contributed by atoms with Crippen molar-refractivity contribution < 1.29 is 17.9 Å². The number of hydrogen-bond acceptors (Lipinski definition) is 7. The van der Waals surface area contributed by atoms with Gasteiger partial charge in [0, 0.05) is 19.1 Å². The van der Waals surface area contributed by atoms with E-state index >= 15 is 0 Å². The third kappa shape index (κ3) is 2.92. The maximum Gasteiger partial charge on any atom is 0.349 e. The lowest BCUT2D eigenvalue weighted by molar-refractivity contribution is 0.0602. The van der Waals surface area contributed by atoms with Gasteiger partial charge in [0.2, 0.25) is 10.0 Å². The number of ether oxygens (including phenoxy) is 1. The summed E-state index contributed by atoms with van der Waals surface area (Å²) in [5.41, 5.74) is 0. The van der Waals surface area contributed by atoms with Crippen LogP contribution in [0, 0.1) is 11.5 Å². The Morgan fingerprint density at radius 3 is 3.00 bits per heavy atom. The molecular weight excluding hydrogens is 302 g/mol. The third-order valence-electron chi connectivity index (χ3n) is 2.94. The molecule has 0 spiro atoms. The zero-order valence-electron chi connectivity index (χ0n) is 10.7. The summed E-state index contributed by atoms with van der Waals surface area (Å²) in [4.78, 5) is 13.0. The number of hydrogen-bond donors (Lipinski definition) is 1. The number of sulfonamides is 1. The summed E-state index contributed by atoms with van der Waals surface area (Å²) < 4.78 is 31.6. The molecule has 0 aliphatic carbocycles. The van der Waals surface area contributed by atoms with Gasteiger partial charge in [0.15, 0.2) is 6.19 Å². The average molecular weight is 315 g/mol. The van der Waals surface area contributed by atoms with E-state index in [1.165, 1.54) is 23.5 Å². The van der Waals surface area contributed by atoms with Crippen LogP contribution in [0.15, 0.2) is 16.3 Å². The van der Waals surface area contributed by atoms with Crippen molar-refractivity contribution >= 4 is 27.3 Å². The predicted molar refractivity (Wildman–Crippen MR) is 71.6 cm³/mol. The molecule has 20 heavy (non-hydrogen) atoms. The number of nitrogens with one attached hydrogen (secondary N) is 1. The lowest BCUT2D eigenvalue weighted by Gasteiger charge is -2.12. The highest BCUT2D eigenvalue weighted by molar-refractivity contribution is 7.89. The average Bonchev–Trinajstić information content (AvgIpc) is 3.05. The highest BCUT2D eigenvalue weighted by Gasteiger charge is 2.30. The van der Waals surface area contributed by atoms with Crippen molar-refractivity contribution in [3.8, 4) is 6.19 Å². The molecule has 9 heteroatoms. The molecule has 0 aromatic carbocycles.